The van der Waals surface area contributed by atoms with Crippen molar-refractivity contribution < 1.29 is 13.2 Å². The summed E-state index contributed by atoms with van der Waals surface area (Å²) in [7, 11) is -1.60. The molecule has 2 heterocycles. The van der Waals surface area contributed by atoms with Gasteiger partial charge in [-0.05, 0) is 45.1 Å². The van der Waals surface area contributed by atoms with E-state index in [1.54, 1.807) is 7.05 Å². The lowest BCUT2D eigenvalue weighted by Crippen LogP contribution is -2.49. The van der Waals surface area contributed by atoms with Gasteiger partial charge in [0.2, 0.25) is 10.0 Å². The Balaban J connectivity index is 0.00000392. The van der Waals surface area contributed by atoms with E-state index >= 15 is 0 Å². The summed E-state index contributed by atoms with van der Waals surface area (Å²) in [6.45, 7) is 7.00. The smallest absolute Gasteiger partial charge is 0.213 e. The van der Waals surface area contributed by atoms with Crippen LogP contribution < -0.4 is 15.4 Å². The third-order valence-corrected chi connectivity index (χ3v) is 6.51. The molecule has 0 saturated carbocycles. The van der Waals surface area contributed by atoms with Gasteiger partial charge in [-0.15, -0.1) is 24.0 Å². The standard InChI is InChI=1S/C18H37N5O3S.HI/c1-3-10-23-11-7-16(8-12-23)22-18(19-2)20-9-14-27(24,25)21-15-17-6-4-5-13-26-17;/h16-17,21H,3-15H2,1-2H3,(H2,19,20,22);1H. The zero-order valence-corrected chi connectivity index (χ0v) is 20.4. The van der Waals surface area contributed by atoms with E-state index in [4.69, 9.17) is 4.74 Å². The molecule has 0 amide bonds. The van der Waals surface area contributed by atoms with Gasteiger partial charge in [0.25, 0.3) is 0 Å². The zero-order valence-electron chi connectivity index (χ0n) is 17.3. The van der Waals surface area contributed by atoms with Gasteiger partial charge in [-0.2, -0.15) is 0 Å². The van der Waals surface area contributed by atoms with E-state index in [0.717, 1.165) is 58.3 Å². The Bertz CT molecular complexity index is 547. The second-order valence-corrected chi connectivity index (χ2v) is 9.34. The van der Waals surface area contributed by atoms with Gasteiger partial charge in [-0.1, -0.05) is 6.92 Å². The van der Waals surface area contributed by atoms with E-state index in [1.165, 1.54) is 6.42 Å². The monoisotopic (exact) mass is 531 g/mol. The Labute approximate surface area is 187 Å². The van der Waals surface area contributed by atoms with E-state index in [9.17, 15) is 8.42 Å². The molecule has 0 bridgehead atoms. The maximum absolute atomic E-state index is 12.2. The van der Waals surface area contributed by atoms with Crippen LogP contribution in [0.2, 0.25) is 0 Å². The number of guanidine groups is 1. The molecule has 2 rings (SSSR count). The van der Waals surface area contributed by atoms with Gasteiger partial charge in [0, 0.05) is 45.9 Å². The number of likely N-dealkylation sites (tertiary alicyclic amines) is 1. The number of nitrogens with one attached hydrogen (secondary N) is 3. The van der Waals surface area contributed by atoms with E-state index in [1.807, 2.05) is 0 Å². The number of rotatable bonds is 9. The first-order chi connectivity index (χ1) is 13.0. The number of hydrogen-bond donors (Lipinski definition) is 3. The molecule has 2 saturated heterocycles. The van der Waals surface area contributed by atoms with Crippen molar-refractivity contribution in [3.63, 3.8) is 0 Å². The second kappa shape index (κ2) is 13.9. The van der Waals surface area contributed by atoms with Gasteiger partial charge >= 0.3 is 0 Å². The first-order valence-corrected chi connectivity index (χ1v) is 12.0. The molecule has 166 valence electrons. The molecule has 1 unspecified atom stereocenters. The summed E-state index contributed by atoms with van der Waals surface area (Å²) < 4.78 is 32.5. The highest BCUT2D eigenvalue weighted by molar-refractivity contribution is 14.0. The van der Waals surface area contributed by atoms with Crippen molar-refractivity contribution in [2.45, 2.75) is 57.6 Å². The molecule has 0 aromatic heterocycles. The predicted octanol–water partition coefficient (Wildman–Crippen LogP) is 1.13. The number of aliphatic imine (C=N–C) groups is 1. The maximum Gasteiger partial charge on any atom is 0.213 e. The molecule has 0 radical (unpaired) electrons. The zero-order chi connectivity index (χ0) is 19.5. The molecular weight excluding hydrogens is 493 g/mol. The molecular formula is C18H38IN5O3S. The fraction of sp³-hybridized carbons (Fsp3) is 0.944. The Kier molecular flexibility index (Phi) is 12.9. The SMILES string of the molecule is CCCN1CCC(NC(=NC)NCCS(=O)(=O)NCC2CCCCO2)CC1.I. The topological polar surface area (TPSA) is 95.1 Å². The molecule has 0 aliphatic carbocycles. The fourth-order valence-electron chi connectivity index (χ4n) is 3.57. The van der Waals surface area contributed by atoms with Crippen molar-refractivity contribution in [2.75, 3.05) is 52.1 Å². The number of ether oxygens (including phenoxy) is 1. The van der Waals surface area contributed by atoms with Crippen molar-refractivity contribution in [3.8, 4) is 0 Å². The molecule has 8 nitrogen and oxygen atoms in total. The fourth-order valence-corrected chi connectivity index (χ4v) is 4.52. The van der Waals surface area contributed by atoms with Crippen LogP contribution in [0, 0.1) is 0 Å². The minimum Gasteiger partial charge on any atom is -0.377 e. The van der Waals surface area contributed by atoms with Crippen molar-refractivity contribution in [2.24, 2.45) is 4.99 Å². The van der Waals surface area contributed by atoms with Crippen molar-refractivity contribution >= 4 is 40.0 Å². The lowest BCUT2D eigenvalue weighted by molar-refractivity contribution is 0.0200. The summed E-state index contributed by atoms with van der Waals surface area (Å²) in [6.07, 6.45) is 6.47. The molecule has 0 spiro atoms. The number of sulfonamides is 1. The number of halogens is 1. The molecule has 2 aliphatic heterocycles. The minimum atomic E-state index is -3.31. The lowest BCUT2D eigenvalue weighted by atomic mass is 10.1. The van der Waals surface area contributed by atoms with Crippen LogP contribution in [0.3, 0.4) is 0 Å². The normalized spacial score (nSPS) is 22.5. The number of nitrogens with zero attached hydrogens (tertiary/aromatic N) is 2. The maximum atomic E-state index is 12.2. The quantitative estimate of drug-likeness (QED) is 0.235. The predicted molar refractivity (Wildman–Crippen MR) is 125 cm³/mol. The molecule has 10 heteroatoms. The highest BCUT2D eigenvalue weighted by Gasteiger charge is 2.20. The number of hydrogen-bond acceptors (Lipinski definition) is 5. The summed E-state index contributed by atoms with van der Waals surface area (Å²) >= 11 is 0. The third-order valence-electron chi connectivity index (χ3n) is 5.16. The largest absolute Gasteiger partial charge is 0.377 e. The molecule has 2 fully saturated rings. The van der Waals surface area contributed by atoms with Crippen LogP contribution in [-0.2, 0) is 14.8 Å². The van der Waals surface area contributed by atoms with Crippen LogP contribution >= 0.6 is 24.0 Å². The summed E-state index contributed by atoms with van der Waals surface area (Å²) in [5.41, 5.74) is 0. The molecule has 3 N–H and O–H groups in total. The first kappa shape index (κ1) is 25.9. The van der Waals surface area contributed by atoms with Crippen molar-refractivity contribution in [1.29, 1.82) is 0 Å². The van der Waals surface area contributed by atoms with Gasteiger partial charge in [-0.3, -0.25) is 4.99 Å². The van der Waals surface area contributed by atoms with E-state index in [0.29, 0.717) is 25.1 Å². The molecule has 2 aliphatic rings. The van der Waals surface area contributed by atoms with Crippen molar-refractivity contribution in [3.05, 3.63) is 0 Å². The summed E-state index contributed by atoms with van der Waals surface area (Å²) in [5.74, 6) is 0.699. The molecule has 1 atom stereocenters. The summed E-state index contributed by atoms with van der Waals surface area (Å²) in [5, 5.41) is 6.54. The van der Waals surface area contributed by atoms with Gasteiger partial charge in [-0.25, -0.2) is 13.1 Å². The van der Waals surface area contributed by atoms with E-state index in [2.05, 4.69) is 32.2 Å². The average Bonchev–Trinajstić information content (AvgIpc) is 2.68. The van der Waals surface area contributed by atoms with Crippen LogP contribution in [-0.4, -0.2) is 83.6 Å². The second-order valence-electron chi connectivity index (χ2n) is 7.42. The van der Waals surface area contributed by atoms with Crippen molar-refractivity contribution in [1.82, 2.24) is 20.3 Å². The van der Waals surface area contributed by atoms with Crippen LogP contribution in [0.1, 0.15) is 45.4 Å². The molecule has 28 heavy (non-hydrogen) atoms. The van der Waals surface area contributed by atoms with Gasteiger partial charge < -0.3 is 20.3 Å². The number of piperidine rings is 1. The Morgan fingerprint density at radius 1 is 1.21 bits per heavy atom. The van der Waals surface area contributed by atoms with Crippen LogP contribution in [0.4, 0.5) is 0 Å². The highest BCUT2D eigenvalue weighted by atomic mass is 127. The highest BCUT2D eigenvalue weighted by Crippen LogP contribution is 2.12. The van der Waals surface area contributed by atoms with E-state index in [-0.39, 0.29) is 35.8 Å². The summed E-state index contributed by atoms with van der Waals surface area (Å²) in [6, 6.07) is 0.391. The molecule has 0 aromatic rings. The molecule has 0 aromatic carbocycles. The Morgan fingerprint density at radius 3 is 2.57 bits per heavy atom. The van der Waals surface area contributed by atoms with Gasteiger partial charge in [0.05, 0.1) is 11.9 Å². The van der Waals surface area contributed by atoms with Gasteiger partial charge in [0.1, 0.15) is 0 Å². The lowest BCUT2D eigenvalue weighted by Gasteiger charge is -2.32. The van der Waals surface area contributed by atoms with Crippen LogP contribution in [0.5, 0.6) is 0 Å². The average molecular weight is 532 g/mol. The minimum absolute atomic E-state index is 0. The summed E-state index contributed by atoms with van der Waals surface area (Å²) in [4.78, 5) is 6.71. The van der Waals surface area contributed by atoms with E-state index < -0.39 is 10.0 Å². The Hall–Kier alpha value is -0.170. The third kappa shape index (κ3) is 10.0. The first-order valence-electron chi connectivity index (χ1n) is 10.3. The van der Waals surface area contributed by atoms with Gasteiger partial charge in [0.15, 0.2) is 5.96 Å². The van der Waals surface area contributed by atoms with Crippen LogP contribution in [0.25, 0.3) is 0 Å². The van der Waals surface area contributed by atoms with Crippen LogP contribution in [0.15, 0.2) is 4.99 Å². The Morgan fingerprint density at radius 2 is 1.96 bits per heavy atom.